The van der Waals surface area contributed by atoms with Gasteiger partial charge in [0.15, 0.2) is 8.07 Å². The van der Waals surface area contributed by atoms with Crippen molar-refractivity contribution < 1.29 is 6.85 Å². The highest BCUT2D eigenvalue weighted by atomic mass is 28.3. The molecule has 3 aliphatic carbocycles. The van der Waals surface area contributed by atoms with Crippen LogP contribution < -0.4 is 20.7 Å². The third-order valence-corrected chi connectivity index (χ3v) is 16.7. The number of hydrogen-bond acceptors (Lipinski definition) is 1. The zero-order valence-corrected chi connectivity index (χ0v) is 32.1. The highest BCUT2D eigenvalue weighted by molar-refractivity contribution is 7.20. The van der Waals surface area contributed by atoms with Crippen LogP contribution in [0.25, 0.3) is 33.6 Å². The Hall–Kier alpha value is -6.87. The minimum atomic E-state index is -3.75. The molecular formula is C55H39NSi. The Morgan fingerprint density at radius 2 is 0.895 bits per heavy atom. The fourth-order valence-corrected chi connectivity index (χ4v) is 14.5. The van der Waals surface area contributed by atoms with Gasteiger partial charge in [0.05, 0.1) is 18.2 Å². The summed E-state index contributed by atoms with van der Waals surface area (Å²) in [7, 11) is -3.75. The predicted molar refractivity (Wildman–Crippen MR) is 239 cm³/mol. The summed E-state index contributed by atoms with van der Waals surface area (Å²) in [5.74, 6) is -0.356. The van der Waals surface area contributed by atoms with Crippen LogP contribution in [0.15, 0.2) is 224 Å². The largest absolute Gasteiger partial charge is 0.248 e. The average Bonchev–Trinajstić information content (AvgIpc) is 3.34. The fourth-order valence-electron chi connectivity index (χ4n) is 9.80. The third kappa shape index (κ3) is 5.25. The first kappa shape index (κ1) is 28.5. The molecule has 1 heterocycles. The molecule has 2 atom stereocenters. The van der Waals surface area contributed by atoms with Gasteiger partial charge in [0, 0.05) is 23.0 Å². The lowest BCUT2D eigenvalue weighted by Crippen LogP contribution is -2.75. The topological polar surface area (TPSA) is 12.9 Å². The van der Waals surface area contributed by atoms with Crippen LogP contribution >= 0.6 is 0 Å². The minimum absolute atomic E-state index is 0.106. The lowest BCUT2D eigenvalue weighted by molar-refractivity contribution is 0.759. The SMILES string of the molecule is [2H]c1c([2H])c([2H])c([Si](c2ccccc2)(c2ccccc2)c2cccc3c2C2c4ccccc4C3c3cccc(-c4cc(-c5ccccc5)cc(-c5ccccc5)n4)c32)c([2H])c1[2H]. The van der Waals surface area contributed by atoms with E-state index in [0.717, 1.165) is 54.8 Å². The zero-order valence-electron chi connectivity index (χ0n) is 36.1. The number of aromatic nitrogens is 1. The highest BCUT2D eigenvalue weighted by Gasteiger charge is 2.49. The molecule has 0 saturated carbocycles. The first-order valence-corrected chi connectivity index (χ1v) is 21.5. The number of rotatable bonds is 7. The van der Waals surface area contributed by atoms with E-state index in [1.807, 2.05) is 48.5 Å². The average molecular weight is 747 g/mol. The molecule has 8 aromatic carbocycles. The summed E-state index contributed by atoms with van der Waals surface area (Å²) in [5, 5.41) is 3.28. The maximum absolute atomic E-state index is 9.70. The second kappa shape index (κ2) is 13.7. The fraction of sp³-hybridized carbons (Fsp3) is 0.0364. The molecule has 0 aliphatic heterocycles. The van der Waals surface area contributed by atoms with Gasteiger partial charge < -0.3 is 0 Å². The second-order valence-corrected chi connectivity index (χ2v) is 18.6. The van der Waals surface area contributed by atoms with Gasteiger partial charge >= 0.3 is 0 Å². The van der Waals surface area contributed by atoms with Crippen LogP contribution in [0.5, 0.6) is 0 Å². The highest BCUT2D eigenvalue weighted by Crippen LogP contribution is 2.57. The van der Waals surface area contributed by atoms with Gasteiger partial charge in [-0.25, -0.2) is 4.98 Å². The molecule has 1 aromatic heterocycles. The summed E-state index contributed by atoms with van der Waals surface area (Å²) in [6.45, 7) is 0. The summed E-state index contributed by atoms with van der Waals surface area (Å²) < 4.78 is 46.2. The van der Waals surface area contributed by atoms with Gasteiger partial charge in [-0.2, -0.15) is 0 Å². The van der Waals surface area contributed by atoms with E-state index in [1.165, 1.54) is 27.8 Å². The Labute approximate surface area is 342 Å². The molecule has 57 heavy (non-hydrogen) atoms. The summed E-state index contributed by atoms with van der Waals surface area (Å²) in [6.07, 6.45) is 0. The van der Waals surface area contributed by atoms with Crippen molar-refractivity contribution in [2.75, 3.05) is 0 Å². The van der Waals surface area contributed by atoms with Crippen molar-refractivity contribution >= 4 is 28.8 Å². The molecule has 0 radical (unpaired) electrons. The minimum Gasteiger partial charge on any atom is -0.248 e. The van der Waals surface area contributed by atoms with Gasteiger partial charge in [0.25, 0.3) is 0 Å². The molecule has 0 fully saturated rings. The van der Waals surface area contributed by atoms with E-state index in [0.29, 0.717) is 5.19 Å². The Morgan fingerprint density at radius 3 is 1.54 bits per heavy atom. The van der Waals surface area contributed by atoms with Crippen molar-refractivity contribution in [1.82, 2.24) is 4.98 Å². The van der Waals surface area contributed by atoms with Gasteiger partial charge in [-0.3, -0.25) is 0 Å². The van der Waals surface area contributed by atoms with Gasteiger partial charge in [0.2, 0.25) is 0 Å². The Balaban J connectivity index is 1.26. The smallest absolute Gasteiger partial charge is 0.179 e. The first-order chi connectivity index (χ1) is 30.4. The van der Waals surface area contributed by atoms with Crippen molar-refractivity contribution in [3.63, 3.8) is 0 Å². The third-order valence-electron chi connectivity index (χ3n) is 12.1. The van der Waals surface area contributed by atoms with Gasteiger partial charge in [-0.1, -0.05) is 212 Å². The van der Waals surface area contributed by atoms with Crippen molar-refractivity contribution in [2.24, 2.45) is 0 Å². The van der Waals surface area contributed by atoms with Crippen molar-refractivity contribution in [1.29, 1.82) is 0 Å². The van der Waals surface area contributed by atoms with Gasteiger partial charge in [-0.15, -0.1) is 0 Å². The van der Waals surface area contributed by atoms with Gasteiger partial charge in [-0.05, 0) is 77.4 Å². The van der Waals surface area contributed by atoms with E-state index in [1.54, 1.807) is 0 Å². The molecule has 0 amide bonds. The zero-order chi connectivity index (χ0) is 42.1. The van der Waals surface area contributed by atoms with Crippen LogP contribution in [0.4, 0.5) is 0 Å². The molecule has 268 valence electrons. The molecular weight excluding hydrogens is 703 g/mol. The van der Waals surface area contributed by atoms with Crippen LogP contribution in [0.1, 0.15) is 52.1 Å². The Kier molecular flexibility index (Phi) is 6.86. The summed E-state index contributed by atoms with van der Waals surface area (Å²) in [6, 6.07) is 66.2. The van der Waals surface area contributed by atoms with E-state index in [2.05, 4.69) is 146 Å². The van der Waals surface area contributed by atoms with Crippen molar-refractivity contribution in [3.05, 3.63) is 258 Å². The van der Waals surface area contributed by atoms with Crippen LogP contribution in [0.2, 0.25) is 0 Å². The van der Waals surface area contributed by atoms with Crippen LogP contribution in [0.3, 0.4) is 0 Å². The lowest BCUT2D eigenvalue weighted by atomic mass is 9.60. The molecule has 2 bridgehead atoms. The molecule has 0 spiro atoms. The summed E-state index contributed by atoms with van der Waals surface area (Å²) in [5.41, 5.74) is 13.3. The summed E-state index contributed by atoms with van der Waals surface area (Å²) in [4.78, 5) is 5.47. The van der Waals surface area contributed by atoms with E-state index in [4.69, 9.17) is 9.10 Å². The quantitative estimate of drug-likeness (QED) is 0.117. The van der Waals surface area contributed by atoms with Crippen molar-refractivity contribution in [2.45, 2.75) is 11.8 Å². The van der Waals surface area contributed by atoms with Crippen molar-refractivity contribution in [3.8, 4) is 33.6 Å². The number of benzene rings is 8. The maximum Gasteiger partial charge on any atom is 0.179 e. The number of nitrogens with zero attached hydrogens (tertiary/aromatic N) is 1. The molecule has 12 rings (SSSR count). The second-order valence-electron chi connectivity index (χ2n) is 15.0. The van der Waals surface area contributed by atoms with E-state index in [-0.39, 0.29) is 36.0 Å². The molecule has 0 saturated heterocycles. The van der Waals surface area contributed by atoms with E-state index >= 15 is 0 Å². The maximum atomic E-state index is 9.70. The molecule has 9 aromatic rings. The number of hydrogen-bond donors (Lipinski definition) is 0. The van der Waals surface area contributed by atoms with E-state index < -0.39 is 14.1 Å². The summed E-state index contributed by atoms with van der Waals surface area (Å²) >= 11 is 0. The standard InChI is InChI=1S/C55H39NSi/c1-6-20-38(21-7-1)40-36-49(39-22-8-2-9-23-39)56-50(37-40)46-32-18-33-47-52-44-30-16-17-31-45(44)55(53(46)47)54-48(52)34-19-35-51(54)57(41-24-10-3-11-25-41,42-26-12-4-13-27-42)43-28-14-5-15-29-43/h1-37,52,55H/i3D,10D,11D,24D,25D. The number of pyridine rings is 1. The molecule has 1 nitrogen and oxygen atoms in total. The monoisotopic (exact) mass is 746 g/mol. The Morgan fingerprint density at radius 1 is 0.386 bits per heavy atom. The first-order valence-electron chi connectivity index (χ1n) is 22.0. The van der Waals surface area contributed by atoms with E-state index in [9.17, 15) is 2.74 Å². The molecule has 2 unspecified atom stereocenters. The van der Waals surface area contributed by atoms with Gasteiger partial charge in [0.1, 0.15) is 0 Å². The lowest BCUT2D eigenvalue weighted by Gasteiger charge is -2.46. The predicted octanol–water partition coefficient (Wildman–Crippen LogP) is 10.4. The van der Waals surface area contributed by atoms with Crippen LogP contribution in [0, 0.1) is 0 Å². The molecule has 0 N–H and O–H groups in total. The Bertz CT molecular complexity index is 3070. The van der Waals surface area contributed by atoms with Crippen LogP contribution in [-0.2, 0) is 0 Å². The van der Waals surface area contributed by atoms with Crippen LogP contribution in [-0.4, -0.2) is 13.1 Å². The molecule has 3 aliphatic rings. The normalized spacial score (nSPS) is 16.2. The molecule has 2 heteroatoms.